The zero-order valence-corrected chi connectivity index (χ0v) is 47.2. The minimum absolute atomic E-state index is 0.193. The van der Waals surface area contributed by atoms with Gasteiger partial charge >= 0.3 is 0 Å². The Morgan fingerprint density at radius 1 is 0.375 bits per heavy atom. The van der Waals surface area contributed by atoms with Crippen LogP contribution in [0.2, 0.25) is 0 Å². The first-order valence-corrected chi connectivity index (χ1v) is 29.2. The Labute approximate surface area is 516 Å². The zero-order valence-electron chi connectivity index (χ0n) is 51.2. The van der Waals surface area contributed by atoms with Gasteiger partial charge in [0, 0.05) is 50.4 Å². The summed E-state index contributed by atoms with van der Waals surface area (Å²) in [7, 11) is 0. The van der Waals surface area contributed by atoms with Gasteiger partial charge in [0.05, 0.1) is 63.4 Å². The summed E-state index contributed by atoms with van der Waals surface area (Å²) in [6.07, 6.45) is 0. The maximum absolute atomic E-state index is 10.0. The molecule has 406 valence electrons. The number of benzene rings is 13. The van der Waals surface area contributed by atoms with Gasteiger partial charge in [-0.2, -0.15) is 10.5 Å². The van der Waals surface area contributed by atoms with Crippen molar-refractivity contribution in [1.82, 2.24) is 4.57 Å². The molecular weight excluding hydrogens is 1070 g/mol. The van der Waals surface area contributed by atoms with Crippen molar-refractivity contribution >= 4 is 84.7 Å². The summed E-state index contributed by atoms with van der Waals surface area (Å²) in [5, 5.41) is 20.9. The highest BCUT2D eigenvalue weighted by atomic mass is 15.2. The van der Waals surface area contributed by atoms with E-state index in [0.29, 0.717) is 38.8 Å². The van der Waals surface area contributed by atoms with Crippen LogP contribution in [0, 0.1) is 29.2 Å². The summed E-state index contributed by atoms with van der Waals surface area (Å²) in [5.74, 6) is 0. The van der Waals surface area contributed by atoms with E-state index in [4.69, 9.17) is 7.94 Å². The lowest BCUT2D eigenvalue weighted by molar-refractivity contribution is 1.16. The quantitative estimate of drug-likeness (QED) is 0.107. The van der Waals surface area contributed by atoms with Crippen molar-refractivity contribution in [2.75, 3.05) is 9.80 Å². The Balaban J connectivity index is 1.13. The number of hydrogen-bond donors (Lipinski definition) is 0. The van der Waals surface area contributed by atoms with Crippen LogP contribution in [0.3, 0.4) is 0 Å². The molecule has 0 fully saturated rings. The van der Waals surface area contributed by atoms with Crippen LogP contribution in [0.15, 0.2) is 297 Å². The van der Waals surface area contributed by atoms with Gasteiger partial charge in [0.1, 0.15) is 0 Å². The largest absolute Gasteiger partial charge is 0.310 e. The molecule has 0 atom stereocenters. The molecule has 0 saturated carbocycles. The van der Waals surface area contributed by atoms with Gasteiger partial charge in [0.2, 0.25) is 0 Å². The lowest BCUT2D eigenvalue weighted by Gasteiger charge is -2.46. The molecule has 0 saturated heterocycles. The van der Waals surface area contributed by atoms with E-state index in [0.717, 1.165) is 117 Å². The number of nitriles is 2. The summed E-state index contributed by atoms with van der Waals surface area (Å²) in [6, 6.07) is 97.1. The van der Waals surface area contributed by atoms with Gasteiger partial charge in [-0.25, -0.2) is 4.85 Å². The van der Waals surface area contributed by atoms with Crippen molar-refractivity contribution in [3.05, 3.63) is 320 Å². The smallest absolute Gasteiger partial charge is 0.252 e. The highest BCUT2D eigenvalue weighted by Gasteiger charge is 2.46. The van der Waals surface area contributed by atoms with Crippen molar-refractivity contribution in [3.8, 4) is 84.6 Å². The predicted molar refractivity (Wildman–Crippen MR) is 363 cm³/mol. The van der Waals surface area contributed by atoms with E-state index < -0.39 is 6.71 Å². The summed E-state index contributed by atoms with van der Waals surface area (Å²) >= 11 is 0. The van der Waals surface area contributed by atoms with E-state index in [-0.39, 0.29) is 29.7 Å². The molecule has 13 aromatic carbocycles. The van der Waals surface area contributed by atoms with Crippen LogP contribution in [0.25, 0.3) is 99.1 Å². The van der Waals surface area contributed by atoms with Crippen LogP contribution < -0.4 is 26.2 Å². The number of fused-ring (bicyclic) bond motifs is 7. The van der Waals surface area contributed by atoms with E-state index in [9.17, 15) is 14.6 Å². The Hall–Kier alpha value is -12.2. The Kier molecular flexibility index (Phi) is 11.3. The molecule has 3 heterocycles. The Morgan fingerprint density at radius 2 is 0.795 bits per heavy atom. The van der Waals surface area contributed by atoms with E-state index in [1.807, 2.05) is 83.4 Å². The van der Waals surface area contributed by atoms with Crippen LogP contribution in [0.5, 0.6) is 0 Å². The van der Waals surface area contributed by atoms with Crippen LogP contribution in [0.1, 0.15) is 16.6 Å². The predicted octanol–water partition coefficient (Wildman–Crippen LogP) is 19.2. The molecule has 6 nitrogen and oxygen atoms in total. The van der Waals surface area contributed by atoms with E-state index in [2.05, 4.69) is 209 Å². The molecular formula is C81H49BN6. The van der Waals surface area contributed by atoms with Gasteiger partial charge < -0.3 is 14.4 Å². The third-order valence-electron chi connectivity index (χ3n) is 17.4. The molecule has 7 heteroatoms. The second-order valence-corrected chi connectivity index (χ2v) is 22.2. The molecule has 1 aromatic heterocycles. The molecule has 88 heavy (non-hydrogen) atoms. The average Bonchev–Trinajstić information content (AvgIpc) is 0.887. The van der Waals surface area contributed by atoms with Gasteiger partial charge in [0.25, 0.3) is 6.71 Å². The molecule has 14 aromatic rings. The van der Waals surface area contributed by atoms with Crippen molar-refractivity contribution in [2.45, 2.75) is 0 Å². The lowest BCUT2D eigenvalue weighted by Crippen LogP contribution is -2.61. The standard InChI is InChI=1S/C81H49BN6/c1-85-63-42-45-74-70(48-63)69-26-14-15-31-73(69)86(74)64-49-77-79-78(50-64)88(81-67(59-22-10-4-11-23-59)29-17-30-68(81)60-24-12-5-13-25-60)76-44-41-62(56-38-34-54(52-84)35-39-56)47-72(76)82(79)71-46-61(55-36-32-53(51-83)33-37-55)40-43-75(71)87(77)80-65(57-18-6-2-7-19-57)27-16-28-66(80)58-20-8-3-9-21-58/h2-50H/i14D,15D,26D,31D. The van der Waals surface area contributed by atoms with E-state index in [1.54, 1.807) is 12.1 Å². The maximum Gasteiger partial charge on any atom is 0.252 e. The molecule has 16 rings (SSSR count). The van der Waals surface area contributed by atoms with E-state index >= 15 is 0 Å². The number of para-hydroxylation sites is 3. The first kappa shape index (κ1) is 47.2. The van der Waals surface area contributed by atoms with Gasteiger partial charge in [-0.05, 0) is 133 Å². The molecule has 0 bridgehead atoms. The minimum Gasteiger partial charge on any atom is -0.310 e. The topological polar surface area (TPSA) is 63.4 Å². The van der Waals surface area contributed by atoms with Gasteiger partial charge in [-0.3, -0.25) is 0 Å². The van der Waals surface area contributed by atoms with Gasteiger partial charge in [-0.1, -0.05) is 230 Å². The first-order chi connectivity index (χ1) is 45.2. The molecule has 2 aliphatic rings. The fraction of sp³-hybridized carbons (Fsp3) is 0. The SMILES string of the molecule is [2H]c1c([2H])c([2H])c2c(c1[2H])c1cc([N+]#[C-])ccc1n2-c1cc2c3c(c1)N(c1c(-c4ccccc4)cccc1-c1ccccc1)c1ccc(-c4ccc(C#N)cc4)cc1B3c1cc(-c3ccc(C#N)cc3)ccc1N2c1c(-c2ccccc2)cccc1-c1ccccc1. The second kappa shape index (κ2) is 21.1. The fourth-order valence-electron chi connectivity index (χ4n) is 13.5. The number of rotatable bonds is 9. The number of anilines is 6. The summed E-state index contributed by atoms with van der Waals surface area (Å²) < 4.78 is 39.9. The highest BCUT2D eigenvalue weighted by molar-refractivity contribution is 7.00. The molecule has 0 aliphatic carbocycles. The molecule has 0 unspecified atom stereocenters. The fourth-order valence-corrected chi connectivity index (χ4v) is 13.5. The summed E-state index contributed by atoms with van der Waals surface area (Å²) in [6.45, 7) is 7.71. The second-order valence-electron chi connectivity index (χ2n) is 22.2. The average molecular weight is 1120 g/mol. The van der Waals surface area contributed by atoms with Crippen LogP contribution in [-0.4, -0.2) is 11.3 Å². The summed E-state index contributed by atoms with van der Waals surface area (Å²) in [5.41, 5.74) is 23.0. The first-order valence-electron chi connectivity index (χ1n) is 31.2. The number of hydrogen-bond acceptors (Lipinski definition) is 4. The van der Waals surface area contributed by atoms with Crippen molar-refractivity contribution in [3.63, 3.8) is 0 Å². The highest BCUT2D eigenvalue weighted by Crippen LogP contribution is 2.54. The van der Waals surface area contributed by atoms with Crippen LogP contribution in [-0.2, 0) is 0 Å². The third-order valence-corrected chi connectivity index (χ3v) is 17.4. The Morgan fingerprint density at radius 3 is 1.22 bits per heavy atom. The Bertz CT molecular complexity index is 5110. The maximum atomic E-state index is 10.0. The number of nitrogens with zero attached hydrogens (tertiary/aromatic N) is 6. The van der Waals surface area contributed by atoms with E-state index in [1.165, 1.54) is 0 Å². The zero-order chi connectivity index (χ0) is 62.3. The lowest BCUT2D eigenvalue weighted by atomic mass is 9.33. The molecule has 0 N–H and O–H groups in total. The molecule has 0 spiro atoms. The minimum atomic E-state index is -0.479. The third kappa shape index (κ3) is 8.40. The van der Waals surface area contributed by atoms with Crippen molar-refractivity contribution < 1.29 is 5.48 Å². The van der Waals surface area contributed by atoms with Gasteiger partial charge in [0.15, 0.2) is 5.69 Å². The number of aromatic nitrogens is 1. The molecule has 0 amide bonds. The van der Waals surface area contributed by atoms with Crippen molar-refractivity contribution in [1.29, 1.82) is 10.5 Å². The van der Waals surface area contributed by atoms with Crippen molar-refractivity contribution in [2.24, 2.45) is 0 Å². The molecule has 2 aliphatic heterocycles. The van der Waals surface area contributed by atoms with Crippen LogP contribution >= 0.6 is 0 Å². The normalized spacial score (nSPS) is 12.6. The monoisotopic (exact) mass is 1120 g/mol. The molecule has 0 radical (unpaired) electrons. The van der Waals surface area contributed by atoms with Gasteiger partial charge in [-0.15, -0.1) is 0 Å². The summed E-state index contributed by atoms with van der Waals surface area (Å²) in [4.78, 5) is 8.70. The van der Waals surface area contributed by atoms with Crippen LogP contribution in [0.4, 0.5) is 39.8 Å².